The Morgan fingerprint density at radius 2 is 2.21 bits per heavy atom. The van der Waals surface area contributed by atoms with Crippen molar-refractivity contribution < 1.29 is 9.53 Å². The van der Waals surface area contributed by atoms with Crippen LogP contribution in [-0.2, 0) is 9.53 Å². The zero-order chi connectivity index (χ0) is 16.4. The molecule has 2 atom stereocenters. The van der Waals surface area contributed by atoms with Gasteiger partial charge < -0.3 is 10.1 Å². The van der Waals surface area contributed by atoms with E-state index in [2.05, 4.69) is 27.7 Å². The predicted octanol–water partition coefficient (Wildman–Crippen LogP) is 3.21. The lowest BCUT2D eigenvalue weighted by Gasteiger charge is -2.35. The van der Waals surface area contributed by atoms with Gasteiger partial charge in [-0.3, -0.25) is 9.69 Å². The van der Waals surface area contributed by atoms with E-state index in [0.717, 1.165) is 45.7 Å². The van der Waals surface area contributed by atoms with Crippen molar-refractivity contribution in [2.45, 2.75) is 44.6 Å². The third kappa shape index (κ3) is 3.68. The number of ether oxygens (including phenoxy) is 1. The molecule has 2 aliphatic carbocycles. The molecule has 132 valence electrons. The van der Waals surface area contributed by atoms with E-state index in [-0.39, 0.29) is 17.9 Å². The number of morpholine rings is 1. The summed E-state index contributed by atoms with van der Waals surface area (Å²) in [5.74, 6) is 0.533. The van der Waals surface area contributed by atoms with Crippen LogP contribution >= 0.6 is 11.3 Å². The van der Waals surface area contributed by atoms with E-state index >= 15 is 0 Å². The second-order valence-corrected chi connectivity index (χ2v) is 8.70. The molecule has 0 bridgehead atoms. The number of rotatable bonds is 5. The molecule has 0 aromatic carbocycles. The first-order chi connectivity index (χ1) is 11.8. The van der Waals surface area contributed by atoms with Gasteiger partial charge in [-0.15, -0.1) is 11.3 Å². The Kier molecular flexibility index (Phi) is 4.93. The fourth-order valence-corrected chi connectivity index (χ4v) is 5.29. The van der Waals surface area contributed by atoms with Gasteiger partial charge in [0.25, 0.3) is 0 Å². The van der Waals surface area contributed by atoms with Crippen LogP contribution in [0.4, 0.5) is 0 Å². The Balaban J connectivity index is 1.36. The highest BCUT2D eigenvalue weighted by molar-refractivity contribution is 7.10. The van der Waals surface area contributed by atoms with Gasteiger partial charge in [0, 0.05) is 30.4 Å². The number of nitrogens with zero attached hydrogens (tertiary/aromatic N) is 1. The summed E-state index contributed by atoms with van der Waals surface area (Å²) in [7, 11) is 0. The topological polar surface area (TPSA) is 41.6 Å². The lowest BCUT2D eigenvalue weighted by atomic mass is 9.78. The van der Waals surface area contributed by atoms with Crippen LogP contribution in [-0.4, -0.2) is 43.7 Å². The lowest BCUT2D eigenvalue weighted by molar-refractivity contribution is -0.127. The van der Waals surface area contributed by atoms with Crippen LogP contribution in [0.25, 0.3) is 0 Å². The van der Waals surface area contributed by atoms with Crippen LogP contribution in [0.2, 0.25) is 0 Å². The lowest BCUT2D eigenvalue weighted by Crippen LogP contribution is -2.45. The smallest absolute Gasteiger partial charge is 0.223 e. The minimum absolute atomic E-state index is 0.245. The van der Waals surface area contributed by atoms with Crippen LogP contribution < -0.4 is 5.32 Å². The first-order valence-electron chi connectivity index (χ1n) is 9.39. The summed E-state index contributed by atoms with van der Waals surface area (Å²) in [6.07, 6.45) is 7.48. The minimum Gasteiger partial charge on any atom is -0.379 e. The zero-order valence-corrected chi connectivity index (χ0v) is 15.2. The number of nitrogens with one attached hydrogen (secondary N) is 1. The first-order valence-corrected chi connectivity index (χ1v) is 10.3. The van der Waals surface area contributed by atoms with Crippen molar-refractivity contribution in [3.63, 3.8) is 0 Å². The van der Waals surface area contributed by atoms with E-state index in [1.165, 1.54) is 30.6 Å². The Morgan fingerprint density at radius 3 is 2.92 bits per heavy atom. The summed E-state index contributed by atoms with van der Waals surface area (Å²) in [4.78, 5) is 16.5. The molecule has 4 nitrogen and oxygen atoms in total. The van der Waals surface area contributed by atoms with Crippen molar-refractivity contribution in [2.24, 2.45) is 11.3 Å². The van der Waals surface area contributed by atoms with Crippen molar-refractivity contribution in [3.8, 4) is 0 Å². The van der Waals surface area contributed by atoms with Crippen LogP contribution in [0.1, 0.15) is 49.4 Å². The molecule has 2 saturated carbocycles. The summed E-state index contributed by atoms with van der Waals surface area (Å²) >= 11 is 1.79. The van der Waals surface area contributed by atoms with Gasteiger partial charge in [-0.1, -0.05) is 12.5 Å². The molecule has 1 amide bonds. The number of hydrogen-bond donors (Lipinski definition) is 1. The predicted molar refractivity (Wildman–Crippen MR) is 96.1 cm³/mol. The van der Waals surface area contributed by atoms with Gasteiger partial charge >= 0.3 is 0 Å². The van der Waals surface area contributed by atoms with Gasteiger partial charge in [-0.2, -0.15) is 0 Å². The number of hydrogen-bond acceptors (Lipinski definition) is 4. The molecule has 4 rings (SSSR count). The monoisotopic (exact) mass is 348 g/mol. The molecule has 5 heteroatoms. The Morgan fingerprint density at radius 1 is 1.38 bits per heavy atom. The molecule has 24 heavy (non-hydrogen) atoms. The van der Waals surface area contributed by atoms with Crippen LogP contribution in [0.3, 0.4) is 0 Å². The molecule has 1 aromatic rings. The Labute approximate surface area is 148 Å². The van der Waals surface area contributed by atoms with Gasteiger partial charge in [0.2, 0.25) is 5.91 Å². The van der Waals surface area contributed by atoms with E-state index in [4.69, 9.17) is 4.74 Å². The van der Waals surface area contributed by atoms with Gasteiger partial charge in [0.1, 0.15) is 0 Å². The molecule has 0 radical (unpaired) electrons. The third-order valence-corrected chi connectivity index (χ3v) is 7.07. The van der Waals surface area contributed by atoms with Gasteiger partial charge in [0.15, 0.2) is 0 Å². The minimum atomic E-state index is 0.245. The molecular weight excluding hydrogens is 320 g/mol. The summed E-state index contributed by atoms with van der Waals surface area (Å²) in [6, 6.07) is 4.58. The molecule has 2 heterocycles. The second-order valence-electron chi connectivity index (χ2n) is 7.72. The van der Waals surface area contributed by atoms with Crippen molar-refractivity contribution >= 4 is 17.2 Å². The van der Waals surface area contributed by atoms with Crippen LogP contribution in [0.15, 0.2) is 17.5 Å². The van der Waals surface area contributed by atoms with Crippen molar-refractivity contribution in [1.82, 2.24) is 10.2 Å². The average molecular weight is 349 g/mol. The second kappa shape index (κ2) is 7.14. The number of carbonyl (C=O) groups excluding carboxylic acids is 1. The summed E-state index contributed by atoms with van der Waals surface area (Å²) in [5, 5.41) is 5.42. The highest BCUT2D eigenvalue weighted by atomic mass is 32.1. The molecule has 1 aliphatic heterocycles. The van der Waals surface area contributed by atoms with E-state index in [0.29, 0.717) is 5.41 Å². The van der Waals surface area contributed by atoms with Gasteiger partial charge in [-0.05, 0) is 49.0 Å². The Bertz CT molecular complexity index is 550. The largest absolute Gasteiger partial charge is 0.379 e. The number of thiophene rings is 1. The maximum absolute atomic E-state index is 12.7. The SMILES string of the molecule is O=C(NCC(c1cccs1)N1CCOCC1)C1CCCC2(CC2)C1. The highest BCUT2D eigenvalue weighted by Gasteiger charge is 2.47. The summed E-state index contributed by atoms with van der Waals surface area (Å²) < 4.78 is 5.49. The summed E-state index contributed by atoms with van der Waals surface area (Å²) in [5.41, 5.74) is 0.553. The third-order valence-electron chi connectivity index (χ3n) is 6.09. The fraction of sp³-hybridized carbons (Fsp3) is 0.737. The van der Waals surface area contributed by atoms with Crippen LogP contribution in [0, 0.1) is 11.3 Å². The molecule has 1 aromatic heterocycles. The van der Waals surface area contributed by atoms with E-state index in [1.54, 1.807) is 11.3 Å². The highest BCUT2D eigenvalue weighted by Crippen LogP contribution is 2.57. The molecular formula is C19H28N2O2S. The van der Waals surface area contributed by atoms with Gasteiger partial charge in [-0.25, -0.2) is 0 Å². The van der Waals surface area contributed by atoms with E-state index < -0.39 is 0 Å². The van der Waals surface area contributed by atoms with E-state index in [1.807, 2.05) is 0 Å². The molecule has 3 aliphatic rings. The quantitative estimate of drug-likeness (QED) is 0.888. The van der Waals surface area contributed by atoms with Crippen molar-refractivity contribution in [2.75, 3.05) is 32.8 Å². The zero-order valence-electron chi connectivity index (χ0n) is 14.3. The number of amides is 1. The Hall–Kier alpha value is -0.910. The fourth-order valence-electron chi connectivity index (χ4n) is 4.43. The normalized spacial score (nSPS) is 27.8. The molecule has 1 N–H and O–H groups in total. The molecule has 2 unspecified atom stereocenters. The van der Waals surface area contributed by atoms with Crippen LogP contribution in [0.5, 0.6) is 0 Å². The van der Waals surface area contributed by atoms with E-state index in [9.17, 15) is 4.79 Å². The average Bonchev–Trinajstić information content (AvgIpc) is 3.14. The first kappa shape index (κ1) is 16.6. The standard InChI is InChI=1S/C19H28N2O2S/c22-18(15-3-1-5-19(13-15)6-7-19)20-14-16(17-4-2-12-24-17)21-8-10-23-11-9-21/h2,4,12,15-16H,1,3,5-11,13-14H2,(H,20,22). The number of carbonyl (C=O) groups is 1. The van der Waals surface area contributed by atoms with Gasteiger partial charge in [0.05, 0.1) is 19.3 Å². The maximum Gasteiger partial charge on any atom is 0.223 e. The molecule has 3 fully saturated rings. The summed E-state index contributed by atoms with van der Waals surface area (Å²) in [6.45, 7) is 4.21. The van der Waals surface area contributed by atoms with Crippen molar-refractivity contribution in [3.05, 3.63) is 22.4 Å². The molecule has 1 saturated heterocycles. The maximum atomic E-state index is 12.7. The van der Waals surface area contributed by atoms with Crippen molar-refractivity contribution in [1.29, 1.82) is 0 Å². The molecule has 1 spiro atoms.